The maximum absolute atomic E-state index is 13.0. The van der Waals surface area contributed by atoms with Gasteiger partial charge in [0.15, 0.2) is 5.78 Å². The second-order valence-electron chi connectivity index (χ2n) is 8.62. The van der Waals surface area contributed by atoms with E-state index in [1.54, 1.807) is 6.07 Å². The van der Waals surface area contributed by atoms with Crippen molar-refractivity contribution in [1.29, 1.82) is 0 Å². The normalized spacial score (nSPS) is 17.8. The minimum Gasteiger partial charge on any atom is -0.389 e. The average Bonchev–Trinajstić information content (AvgIpc) is 3.37. The van der Waals surface area contributed by atoms with Gasteiger partial charge in [0.2, 0.25) is 11.8 Å². The summed E-state index contributed by atoms with van der Waals surface area (Å²) in [4.78, 5) is 53.0. The number of nitrogens with one attached hydrogen (secondary N) is 4. The van der Waals surface area contributed by atoms with Gasteiger partial charge in [-0.05, 0) is 37.3 Å². The molecular formula is C23H30N4O5. The van der Waals surface area contributed by atoms with Crippen LogP contribution < -0.4 is 16.0 Å². The van der Waals surface area contributed by atoms with Crippen LogP contribution in [-0.2, 0) is 14.4 Å². The molecule has 1 aliphatic heterocycles. The molecule has 1 fully saturated rings. The Balaban J connectivity index is 1.72. The summed E-state index contributed by atoms with van der Waals surface area (Å²) < 4.78 is 0. The monoisotopic (exact) mass is 442 g/mol. The molecule has 0 bridgehead atoms. The third kappa shape index (κ3) is 5.73. The molecule has 1 aromatic heterocycles. The van der Waals surface area contributed by atoms with E-state index in [-0.39, 0.29) is 18.2 Å². The molecule has 0 radical (unpaired) electrons. The quantitative estimate of drug-likeness (QED) is 0.372. The van der Waals surface area contributed by atoms with Crippen molar-refractivity contribution in [2.45, 2.75) is 45.2 Å². The van der Waals surface area contributed by atoms with Crippen LogP contribution in [0.4, 0.5) is 0 Å². The number of hydrogen-bond acceptors (Lipinski definition) is 5. The summed E-state index contributed by atoms with van der Waals surface area (Å²) in [6.45, 7) is 3.63. The number of aromatic nitrogens is 1. The van der Waals surface area contributed by atoms with Gasteiger partial charge in [-0.1, -0.05) is 32.0 Å². The first kappa shape index (κ1) is 23.5. The molecule has 1 aromatic carbocycles. The van der Waals surface area contributed by atoms with Crippen LogP contribution in [0.5, 0.6) is 0 Å². The van der Waals surface area contributed by atoms with Crippen molar-refractivity contribution in [3.63, 3.8) is 0 Å². The van der Waals surface area contributed by atoms with E-state index < -0.39 is 42.2 Å². The summed E-state index contributed by atoms with van der Waals surface area (Å²) in [6, 6.07) is 7.31. The summed E-state index contributed by atoms with van der Waals surface area (Å²) in [5, 5.41) is 18.3. The van der Waals surface area contributed by atoms with Crippen molar-refractivity contribution in [2.24, 2.45) is 11.8 Å². The maximum Gasteiger partial charge on any atom is 0.268 e. The molecule has 0 spiro atoms. The number of aliphatic hydroxyl groups excluding tert-OH is 1. The molecule has 2 aromatic rings. The highest BCUT2D eigenvalue weighted by atomic mass is 16.3. The Morgan fingerprint density at radius 3 is 2.53 bits per heavy atom. The SMILES string of the molecule is CC(C)CC(NC(=O)c1cc2ccccc2[nH]1)C(=O)NC(CC1CCNC1=O)C(=O)CO. The standard InChI is InChI=1S/C23H30N4O5/c1-13(2)9-18(27-23(32)19-10-14-5-3-4-6-16(14)25-19)22(31)26-17(20(29)12-28)11-15-7-8-24-21(15)30/h3-6,10,13,15,17-18,25,28H,7-9,11-12H2,1-2H3,(H,24,30)(H,26,31)(H,27,32). The number of aliphatic hydroxyl groups is 1. The zero-order valence-electron chi connectivity index (χ0n) is 18.3. The van der Waals surface area contributed by atoms with Gasteiger partial charge >= 0.3 is 0 Å². The van der Waals surface area contributed by atoms with Gasteiger partial charge < -0.3 is 26.0 Å². The highest BCUT2D eigenvalue weighted by molar-refractivity contribution is 6.00. The maximum atomic E-state index is 13.0. The number of para-hydroxylation sites is 1. The van der Waals surface area contributed by atoms with Crippen LogP contribution >= 0.6 is 0 Å². The minimum atomic E-state index is -0.999. The molecule has 3 unspecified atom stereocenters. The van der Waals surface area contributed by atoms with Crippen molar-refractivity contribution in [3.8, 4) is 0 Å². The van der Waals surface area contributed by atoms with Crippen molar-refractivity contribution in [2.75, 3.05) is 13.2 Å². The Kier molecular flexibility index (Phi) is 7.63. The second kappa shape index (κ2) is 10.4. The van der Waals surface area contributed by atoms with Crippen LogP contribution in [0.25, 0.3) is 10.9 Å². The number of carbonyl (C=O) groups is 4. The lowest BCUT2D eigenvalue weighted by atomic mass is 9.95. The molecule has 32 heavy (non-hydrogen) atoms. The number of hydrogen-bond donors (Lipinski definition) is 5. The van der Waals surface area contributed by atoms with E-state index in [4.69, 9.17) is 0 Å². The van der Waals surface area contributed by atoms with Crippen LogP contribution in [0, 0.1) is 11.8 Å². The fourth-order valence-corrected chi connectivity index (χ4v) is 3.94. The summed E-state index contributed by atoms with van der Waals surface area (Å²) >= 11 is 0. The van der Waals surface area contributed by atoms with Gasteiger partial charge in [0, 0.05) is 23.4 Å². The first-order valence-electron chi connectivity index (χ1n) is 10.9. The van der Waals surface area contributed by atoms with Gasteiger partial charge in [-0.3, -0.25) is 19.2 Å². The van der Waals surface area contributed by atoms with Gasteiger partial charge in [0.25, 0.3) is 5.91 Å². The largest absolute Gasteiger partial charge is 0.389 e. The molecular weight excluding hydrogens is 412 g/mol. The fraction of sp³-hybridized carbons (Fsp3) is 0.478. The van der Waals surface area contributed by atoms with Crippen LogP contribution in [0.2, 0.25) is 0 Å². The molecule has 5 N–H and O–H groups in total. The summed E-state index contributed by atoms with van der Waals surface area (Å²) in [7, 11) is 0. The number of aromatic amines is 1. The van der Waals surface area contributed by atoms with E-state index in [0.29, 0.717) is 25.1 Å². The van der Waals surface area contributed by atoms with E-state index in [1.807, 2.05) is 38.1 Å². The Hall–Kier alpha value is -3.20. The van der Waals surface area contributed by atoms with Gasteiger partial charge in [-0.2, -0.15) is 0 Å². The second-order valence-corrected chi connectivity index (χ2v) is 8.62. The Labute approximate surface area is 186 Å². The molecule has 0 saturated carbocycles. The highest BCUT2D eigenvalue weighted by Gasteiger charge is 2.33. The van der Waals surface area contributed by atoms with E-state index in [1.165, 1.54) is 0 Å². The molecule has 0 aliphatic carbocycles. The van der Waals surface area contributed by atoms with Gasteiger partial charge in [-0.25, -0.2) is 0 Å². The van der Waals surface area contributed by atoms with E-state index in [9.17, 15) is 24.3 Å². The van der Waals surface area contributed by atoms with Gasteiger partial charge in [0.05, 0.1) is 6.04 Å². The molecule has 9 nitrogen and oxygen atoms in total. The van der Waals surface area contributed by atoms with Crippen molar-refractivity contribution in [3.05, 3.63) is 36.0 Å². The van der Waals surface area contributed by atoms with Crippen molar-refractivity contribution in [1.82, 2.24) is 20.9 Å². The number of H-pyrrole nitrogens is 1. The minimum absolute atomic E-state index is 0.0985. The zero-order chi connectivity index (χ0) is 23.3. The van der Waals surface area contributed by atoms with Crippen LogP contribution in [-0.4, -0.2) is 58.8 Å². The first-order valence-corrected chi connectivity index (χ1v) is 10.9. The molecule has 1 saturated heterocycles. The molecule has 3 amide bonds. The predicted octanol–water partition coefficient (Wildman–Crippen LogP) is 0.885. The van der Waals surface area contributed by atoms with Crippen LogP contribution in [0.3, 0.4) is 0 Å². The zero-order valence-corrected chi connectivity index (χ0v) is 18.3. The van der Waals surface area contributed by atoms with E-state index in [0.717, 1.165) is 10.9 Å². The summed E-state index contributed by atoms with van der Waals surface area (Å²) in [5.41, 5.74) is 1.14. The lowest BCUT2D eigenvalue weighted by Crippen LogP contribution is -2.53. The summed E-state index contributed by atoms with van der Waals surface area (Å²) in [6.07, 6.45) is 1.04. The predicted molar refractivity (Wildman–Crippen MR) is 119 cm³/mol. The van der Waals surface area contributed by atoms with Crippen molar-refractivity contribution < 1.29 is 24.3 Å². The summed E-state index contributed by atoms with van der Waals surface area (Å²) in [5.74, 6) is -1.98. The topological polar surface area (TPSA) is 140 Å². The van der Waals surface area contributed by atoms with Crippen LogP contribution in [0.15, 0.2) is 30.3 Å². The van der Waals surface area contributed by atoms with Crippen molar-refractivity contribution >= 4 is 34.4 Å². The Morgan fingerprint density at radius 2 is 1.91 bits per heavy atom. The van der Waals surface area contributed by atoms with Gasteiger partial charge in [0.1, 0.15) is 18.3 Å². The number of ketones is 1. The van der Waals surface area contributed by atoms with E-state index in [2.05, 4.69) is 20.9 Å². The Bertz CT molecular complexity index is 966. The first-order chi connectivity index (χ1) is 15.3. The van der Waals surface area contributed by atoms with Gasteiger partial charge in [-0.15, -0.1) is 0 Å². The highest BCUT2D eigenvalue weighted by Crippen LogP contribution is 2.18. The number of benzene rings is 1. The number of Topliss-reactive ketones (excluding diaryl/α,β-unsaturated/α-hetero) is 1. The third-order valence-electron chi connectivity index (χ3n) is 5.65. The molecule has 1 aliphatic rings. The van der Waals surface area contributed by atoms with E-state index >= 15 is 0 Å². The smallest absolute Gasteiger partial charge is 0.268 e. The molecule has 9 heteroatoms. The number of fused-ring (bicyclic) bond motifs is 1. The fourth-order valence-electron chi connectivity index (χ4n) is 3.94. The lowest BCUT2D eigenvalue weighted by molar-refractivity contribution is -0.131. The number of amides is 3. The van der Waals surface area contributed by atoms with Crippen LogP contribution in [0.1, 0.15) is 43.6 Å². The third-order valence-corrected chi connectivity index (χ3v) is 5.65. The molecule has 172 valence electrons. The number of carbonyl (C=O) groups excluding carboxylic acids is 4. The molecule has 3 rings (SSSR count). The average molecular weight is 443 g/mol. The molecule has 3 atom stereocenters. The Morgan fingerprint density at radius 1 is 1.16 bits per heavy atom. The number of rotatable bonds is 10. The lowest BCUT2D eigenvalue weighted by Gasteiger charge is -2.24. The molecule has 2 heterocycles.